The average Bonchev–Trinajstić information content (AvgIpc) is 2.37. The van der Waals surface area contributed by atoms with Gasteiger partial charge in [-0.2, -0.15) is 0 Å². The first kappa shape index (κ1) is 12.1. The third-order valence-electron chi connectivity index (χ3n) is 3.12. The van der Waals surface area contributed by atoms with Crippen molar-refractivity contribution in [2.45, 2.75) is 13.0 Å². The van der Waals surface area contributed by atoms with Gasteiger partial charge in [-0.1, -0.05) is 6.07 Å². The summed E-state index contributed by atoms with van der Waals surface area (Å²) in [6.07, 6.45) is 1.02. The van der Waals surface area contributed by atoms with Crippen LogP contribution in [0, 0.1) is 0 Å². The quantitative estimate of drug-likeness (QED) is 0.796. The maximum atomic E-state index is 12.0. The molecule has 1 amide bonds. The van der Waals surface area contributed by atoms with Gasteiger partial charge in [-0.15, -0.1) is 0 Å². The summed E-state index contributed by atoms with van der Waals surface area (Å²) in [4.78, 5) is 13.6. The number of nitrogens with one attached hydrogen (secondary N) is 1. The van der Waals surface area contributed by atoms with Crippen molar-refractivity contribution in [1.29, 1.82) is 0 Å². The third-order valence-corrected chi connectivity index (χ3v) is 3.12. The van der Waals surface area contributed by atoms with Gasteiger partial charge in [-0.25, -0.2) is 0 Å². The van der Waals surface area contributed by atoms with Gasteiger partial charge in [0.05, 0.1) is 6.61 Å². The molecule has 2 rings (SSSR count). The number of benzene rings is 1. The lowest BCUT2D eigenvalue weighted by atomic mass is 9.98. The molecule has 1 aromatic rings. The van der Waals surface area contributed by atoms with E-state index < -0.39 is 0 Å². The number of hydrogen-bond donors (Lipinski definition) is 2. The number of amides is 1. The minimum Gasteiger partial charge on any atom is -0.395 e. The zero-order valence-electron chi connectivity index (χ0n) is 10.1. The van der Waals surface area contributed by atoms with Gasteiger partial charge in [-0.3, -0.25) is 4.79 Å². The van der Waals surface area contributed by atoms with E-state index in [1.165, 1.54) is 16.0 Å². The van der Waals surface area contributed by atoms with Crippen molar-refractivity contribution in [1.82, 2.24) is 10.2 Å². The number of rotatable bonds is 3. The third kappa shape index (κ3) is 2.65. The fraction of sp³-hybridized carbons (Fsp3) is 0.462. The lowest BCUT2D eigenvalue weighted by Gasteiger charge is -2.20. The number of aliphatic hydroxyl groups excluding tert-OH is 1. The first-order chi connectivity index (χ1) is 8.22. The number of carbonyl (C=O) groups is 1. The molecule has 1 heterocycles. The van der Waals surface area contributed by atoms with Gasteiger partial charge in [0.15, 0.2) is 0 Å². The molecule has 4 heteroatoms. The van der Waals surface area contributed by atoms with Crippen LogP contribution in [-0.2, 0) is 13.0 Å². The Kier molecular flexibility index (Phi) is 3.76. The standard InChI is InChI=1S/C13H18N2O2/c1-15(6-7-16)13(17)11-3-2-10-4-5-14-9-12(10)8-11/h2-3,8,14,16H,4-7,9H2,1H3. The Morgan fingerprint density at radius 2 is 2.29 bits per heavy atom. The topological polar surface area (TPSA) is 52.6 Å². The Labute approximate surface area is 101 Å². The Hall–Kier alpha value is -1.39. The molecule has 0 atom stereocenters. The van der Waals surface area contributed by atoms with E-state index in [4.69, 9.17) is 5.11 Å². The zero-order valence-corrected chi connectivity index (χ0v) is 10.1. The Morgan fingerprint density at radius 3 is 3.06 bits per heavy atom. The molecule has 92 valence electrons. The van der Waals surface area contributed by atoms with Crippen molar-refractivity contribution in [2.75, 3.05) is 26.7 Å². The van der Waals surface area contributed by atoms with E-state index in [9.17, 15) is 4.79 Å². The van der Waals surface area contributed by atoms with Gasteiger partial charge in [0.2, 0.25) is 0 Å². The number of hydrogen-bond acceptors (Lipinski definition) is 3. The van der Waals surface area contributed by atoms with Crippen molar-refractivity contribution in [2.24, 2.45) is 0 Å². The van der Waals surface area contributed by atoms with Gasteiger partial charge >= 0.3 is 0 Å². The summed E-state index contributed by atoms with van der Waals surface area (Å²) in [5, 5.41) is 12.1. The molecule has 17 heavy (non-hydrogen) atoms. The van der Waals surface area contributed by atoms with Crippen LogP contribution in [0.25, 0.3) is 0 Å². The van der Waals surface area contributed by atoms with Crippen molar-refractivity contribution in [3.63, 3.8) is 0 Å². The largest absolute Gasteiger partial charge is 0.395 e. The molecule has 0 aromatic heterocycles. The fourth-order valence-corrected chi connectivity index (χ4v) is 2.09. The van der Waals surface area contributed by atoms with Crippen LogP contribution >= 0.6 is 0 Å². The molecule has 0 saturated heterocycles. The number of fused-ring (bicyclic) bond motifs is 1. The van der Waals surface area contributed by atoms with Crippen LogP contribution in [0.5, 0.6) is 0 Å². The van der Waals surface area contributed by atoms with Crippen LogP contribution in [0.15, 0.2) is 18.2 Å². The highest BCUT2D eigenvalue weighted by Crippen LogP contribution is 2.16. The van der Waals surface area contributed by atoms with E-state index in [2.05, 4.69) is 5.32 Å². The number of carbonyl (C=O) groups excluding carboxylic acids is 1. The Balaban J connectivity index is 2.19. The normalized spacial score (nSPS) is 14.2. The van der Waals surface area contributed by atoms with Crippen molar-refractivity contribution in [3.05, 3.63) is 34.9 Å². The van der Waals surface area contributed by atoms with E-state index in [0.29, 0.717) is 12.1 Å². The molecule has 1 aliphatic heterocycles. The lowest BCUT2D eigenvalue weighted by Crippen LogP contribution is -2.30. The lowest BCUT2D eigenvalue weighted by molar-refractivity contribution is 0.0767. The maximum Gasteiger partial charge on any atom is 0.253 e. The molecular formula is C13H18N2O2. The minimum absolute atomic E-state index is 0.00522. The van der Waals surface area contributed by atoms with Gasteiger partial charge in [0.1, 0.15) is 0 Å². The van der Waals surface area contributed by atoms with Crippen LogP contribution in [0.3, 0.4) is 0 Å². The van der Waals surface area contributed by atoms with Gasteiger partial charge < -0.3 is 15.3 Å². The van der Waals surface area contributed by atoms with Crippen LogP contribution in [0.2, 0.25) is 0 Å². The van der Waals surface area contributed by atoms with Crippen LogP contribution < -0.4 is 5.32 Å². The molecule has 0 saturated carbocycles. The zero-order chi connectivity index (χ0) is 12.3. The minimum atomic E-state index is -0.0348. The summed E-state index contributed by atoms with van der Waals surface area (Å²) >= 11 is 0. The Morgan fingerprint density at radius 1 is 1.47 bits per heavy atom. The van der Waals surface area contributed by atoms with E-state index in [1.54, 1.807) is 7.05 Å². The molecule has 0 unspecified atom stereocenters. The average molecular weight is 234 g/mol. The van der Waals surface area contributed by atoms with Gasteiger partial charge in [-0.05, 0) is 36.2 Å². The maximum absolute atomic E-state index is 12.0. The summed E-state index contributed by atoms with van der Waals surface area (Å²) < 4.78 is 0. The van der Waals surface area contributed by atoms with Crippen molar-refractivity contribution < 1.29 is 9.90 Å². The van der Waals surface area contributed by atoms with Gasteiger partial charge in [0, 0.05) is 25.7 Å². The number of likely N-dealkylation sites (N-methyl/N-ethyl adjacent to an activating group) is 1. The molecule has 0 spiro atoms. The predicted octanol–water partition coefficient (Wildman–Crippen LogP) is 0.397. The summed E-state index contributed by atoms with van der Waals surface area (Å²) in [7, 11) is 1.70. The predicted molar refractivity (Wildman–Crippen MR) is 65.9 cm³/mol. The van der Waals surface area contributed by atoms with Crippen LogP contribution in [0.1, 0.15) is 21.5 Å². The van der Waals surface area contributed by atoms with E-state index >= 15 is 0 Å². The Bertz CT molecular complexity index is 418. The summed E-state index contributed by atoms with van der Waals surface area (Å²) in [5.74, 6) is -0.0348. The number of aliphatic hydroxyl groups is 1. The second-order valence-electron chi connectivity index (χ2n) is 4.36. The highest BCUT2D eigenvalue weighted by Gasteiger charge is 2.14. The molecule has 0 bridgehead atoms. The van der Waals surface area contributed by atoms with Crippen LogP contribution in [-0.4, -0.2) is 42.7 Å². The molecule has 2 N–H and O–H groups in total. The van der Waals surface area contributed by atoms with Crippen molar-refractivity contribution in [3.8, 4) is 0 Å². The summed E-state index contributed by atoms with van der Waals surface area (Å²) in [5.41, 5.74) is 3.23. The van der Waals surface area contributed by atoms with E-state index in [1.807, 2.05) is 18.2 Å². The molecule has 0 radical (unpaired) electrons. The second-order valence-corrected chi connectivity index (χ2v) is 4.36. The van der Waals surface area contributed by atoms with E-state index in [0.717, 1.165) is 19.5 Å². The number of nitrogens with zero attached hydrogens (tertiary/aromatic N) is 1. The SMILES string of the molecule is CN(CCO)C(=O)c1ccc2c(c1)CNCC2. The smallest absolute Gasteiger partial charge is 0.253 e. The summed E-state index contributed by atoms with van der Waals surface area (Å²) in [6, 6.07) is 5.87. The first-order valence-electron chi connectivity index (χ1n) is 5.91. The second kappa shape index (κ2) is 5.29. The molecule has 0 aliphatic carbocycles. The van der Waals surface area contributed by atoms with Gasteiger partial charge in [0.25, 0.3) is 5.91 Å². The summed E-state index contributed by atoms with van der Waals surface area (Å²) in [6.45, 7) is 2.20. The molecule has 1 aromatic carbocycles. The molecular weight excluding hydrogens is 216 g/mol. The van der Waals surface area contributed by atoms with Crippen LogP contribution in [0.4, 0.5) is 0 Å². The first-order valence-corrected chi connectivity index (χ1v) is 5.91. The highest BCUT2D eigenvalue weighted by atomic mass is 16.3. The highest BCUT2D eigenvalue weighted by molar-refractivity contribution is 5.94. The van der Waals surface area contributed by atoms with E-state index in [-0.39, 0.29) is 12.5 Å². The fourth-order valence-electron chi connectivity index (χ4n) is 2.09. The molecule has 1 aliphatic rings. The van der Waals surface area contributed by atoms with Crippen molar-refractivity contribution >= 4 is 5.91 Å². The monoisotopic (exact) mass is 234 g/mol. The molecule has 4 nitrogen and oxygen atoms in total. The molecule has 0 fully saturated rings.